The van der Waals surface area contributed by atoms with Gasteiger partial charge in [0.25, 0.3) is 0 Å². The summed E-state index contributed by atoms with van der Waals surface area (Å²) in [5.74, 6) is 0.0812. The molecule has 3 nitrogen and oxygen atoms in total. The Bertz CT molecular complexity index is 429. The van der Waals surface area contributed by atoms with E-state index in [1.807, 2.05) is 25.3 Å². The van der Waals surface area contributed by atoms with Crippen molar-refractivity contribution in [2.24, 2.45) is 0 Å². The van der Waals surface area contributed by atoms with Crippen molar-refractivity contribution in [1.82, 2.24) is 4.90 Å². The van der Waals surface area contributed by atoms with E-state index < -0.39 is 0 Å². The predicted molar refractivity (Wildman–Crippen MR) is 81.1 cm³/mol. The number of nitrogens with zero attached hydrogens (tertiary/aromatic N) is 1. The Morgan fingerprint density at radius 3 is 2.89 bits per heavy atom. The van der Waals surface area contributed by atoms with Crippen LogP contribution in [0.1, 0.15) is 32.3 Å². The van der Waals surface area contributed by atoms with E-state index in [1.165, 1.54) is 0 Å². The highest BCUT2D eigenvalue weighted by Gasteiger charge is 2.05. The van der Waals surface area contributed by atoms with Crippen LogP contribution in [0.4, 0.5) is 5.69 Å². The van der Waals surface area contributed by atoms with Gasteiger partial charge >= 0.3 is 0 Å². The Balaban J connectivity index is 2.61. The minimum atomic E-state index is 0.0812. The van der Waals surface area contributed by atoms with Gasteiger partial charge < -0.3 is 10.2 Å². The highest BCUT2D eigenvalue weighted by atomic mass is 16.2. The Morgan fingerprint density at radius 2 is 2.26 bits per heavy atom. The number of benzene rings is 1. The molecule has 0 spiro atoms. The molecule has 1 rings (SSSR count). The highest BCUT2D eigenvalue weighted by molar-refractivity contribution is 5.72. The van der Waals surface area contributed by atoms with Gasteiger partial charge in [-0.2, -0.15) is 0 Å². The topological polar surface area (TPSA) is 32.3 Å². The van der Waals surface area contributed by atoms with Crippen LogP contribution in [0.5, 0.6) is 0 Å². The van der Waals surface area contributed by atoms with Gasteiger partial charge in [-0.1, -0.05) is 18.2 Å². The molecule has 0 fully saturated rings. The van der Waals surface area contributed by atoms with Crippen LogP contribution in [0.25, 0.3) is 0 Å². The number of allylic oxidation sites excluding steroid dienone is 1. The first-order valence-corrected chi connectivity index (χ1v) is 6.71. The Hall–Kier alpha value is -1.77. The number of nitrogens with one attached hydrogen (secondary N) is 1. The fraction of sp³-hybridized carbons (Fsp3) is 0.438. The SMILES string of the molecule is C=CCCC(C)Nc1cccc(CN(C)C(C)=O)c1. The fourth-order valence-corrected chi connectivity index (χ4v) is 1.87. The van der Waals surface area contributed by atoms with Gasteiger partial charge in [0.05, 0.1) is 0 Å². The van der Waals surface area contributed by atoms with Gasteiger partial charge in [0.15, 0.2) is 0 Å². The second-order valence-corrected chi connectivity index (χ2v) is 4.99. The van der Waals surface area contributed by atoms with Crippen molar-refractivity contribution in [2.45, 2.75) is 39.3 Å². The molecule has 0 aliphatic carbocycles. The van der Waals surface area contributed by atoms with Crippen LogP contribution in [0, 0.1) is 0 Å². The van der Waals surface area contributed by atoms with Crippen molar-refractivity contribution in [3.8, 4) is 0 Å². The van der Waals surface area contributed by atoms with E-state index in [2.05, 4.69) is 31.0 Å². The van der Waals surface area contributed by atoms with Crippen molar-refractivity contribution in [3.05, 3.63) is 42.5 Å². The van der Waals surface area contributed by atoms with E-state index in [9.17, 15) is 4.79 Å². The van der Waals surface area contributed by atoms with Crippen LogP contribution >= 0.6 is 0 Å². The lowest BCUT2D eigenvalue weighted by Crippen LogP contribution is -2.23. The number of anilines is 1. The fourth-order valence-electron chi connectivity index (χ4n) is 1.87. The van der Waals surface area contributed by atoms with Crippen LogP contribution in [-0.2, 0) is 11.3 Å². The second-order valence-electron chi connectivity index (χ2n) is 4.99. The summed E-state index contributed by atoms with van der Waals surface area (Å²) in [4.78, 5) is 12.9. The largest absolute Gasteiger partial charge is 0.383 e. The van der Waals surface area contributed by atoms with Crippen molar-refractivity contribution in [1.29, 1.82) is 0 Å². The normalized spacial score (nSPS) is 11.7. The first-order chi connectivity index (χ1) is 9.02. The molecule has 1 amide bonds. The molecule has 1 atom stereocenters. The summed E-state index contributed by atoms with van der Waals surface area (Å²) in [7, 11) is 1.81. The first kappa shape index (κ1) is 15.3. The molecule has 104 valence electrons. The number of hydrogen-bond acceptors (Lipinski definition) is 2. The lowest BCUT2D eigenvalue weighted by atomic mass is 10.1. The molecule has 0 saturated heterocycles. The van der Waals surface area contributed by atoms with Crippen molar-refractivity contribution in [2.75, 3.05) is 12.4 Å². The molecule has 1 unspecified atom stereocenters. The molecular formula is C16H24N2O. The van der Waals surface area contributed by atoms with Gasteiger partial charge in [-0.3, -0.25) is 4.79 Å². The van der Waals surface area contributed by atoms with Gasteiger partial charge in [-0.05, 0) is 37.5 Å². The summed E-state index contributed by atoms with van der Waals surface area (Å²) in [6.07, 6.45) is 4.03. The predicted octanol–water partition coefficient (Wildman–Crippen LogP) is 3.43. The average molecular weight is 260 g/mol. The number of rotatable bonds is 7. The van der Waals surface area contributed by atoms with E-state index in [4.69, 9.17) is 0 Å². The maximum absolute atomic E-state index is 11.2. The average Bonchev–Trinajstić information content (AvgIpc) is 2.36. The van der Waals surface area contributed by atoms with Gasteiger partial charge in [0.2, 0.25) is 5.91 Å². The van der Waals surface area contributed by atoms with Crippen molar-refractivity contribution >= 4 is 11.6 Å². The lowest BCUT2D eigenvalue weighted by Gasteiger charge is -2.17. The molecule has 0 aromatic heterocycles. The van der Waals surface area contributed by atoms with E-state index >= 15 is 0 Å². The van der Waals surface area contributed by atoms with Crippen LogP contribution in [0.2, 0.25) is 0 Å². The minimum Gasteiger partial charge on any atom is -0.383 e. The smallest absolute Gasteiger partial charge is 0.219 e. The molecule has 3 heteroatoms. The first-order valence-electron chi connectivity index (χ1n) is 6.71. The summed E-state index contributed by atoms with van der Waals surface area (Å²) < 4.78 is 0. The molecule has 1 N–H and O–H groups in total. The molecule has 1 aromatic carbocycles. The zero-order valence-electron chi connectivity index (χ0n) is 12.1. The summed E-state index contributed by atoms with van der Waals surface area (Å²) in [6.45, 7) is 8.13. The Kier molecular flexibility index (Phi) is 6.13. The van der Waals surface area contributed by atoms with Crippen LogP contribution in [0.3, 0.4) is 0 Å². The number of carbonyl (C=O) groups is 1. The van der Waals surface area contributed by atoms with Crippen LogP contribution in [0.15, 0.2) is 36.9 Å². The van der Waals surface area contributed by atoms with Gasteiger partial charge in [0, 0.05) is 32.2 Å². The quantitative estimate of drug-likeness (QED) is 0.762. The number of carbonyl (C=O) groups excluding carboxylic acids is 1. The Labute approximate surface area is 116 Å². The molecule has 1 aromatic rings. The van der Waals surface area contributed by atoms with E-state index in [1.54, 1.807) is 11.8 Å². The second kappa shape index (κ2) is 7.62. The zero-order chi connectivity index (χ0) is 14.3. The zero-order valence-corrected chi connectivity index (χ0v) is 12.1. The third-order valence-corrected chi connectivity index (χ3v) is 3.10. The van der Waals surface area contributed by atoms with E-state index in [0.29, 0.717) is 12.6 Å². The molecular weight excluding hydrogens is 236 g/mol. The van der Waals surface area contributed by atoms with Gasteiger partial charge in [-0.15, -0.1) is 6.58 Å². The maximum atomic E-state index is 11.2. The highest BCUT2D eigenvalue weighted by Crippen LogP contribution is 2.14. The molecule has 0 saturated carbocycles. The van der Waals surface area contributed by atoms with Gasteiger partial charge in [0.1, 0.15) is 0 Å². The molecule has 0 aliphatic rings. The molecule has 0 bridgehead atoms. The summed E-state index contributed by atoms with van der Waals surface area (Å²) in [6, 6.07) is 8.63. The number of hydrogen-bond donors (Lipinski definition) is 1. The summed E-state index contributed by atoms with van der Waals surface area (Å²) in [5.41, 5.74) is 2.24. The third kappa shape index (κ3) is 5.60. The monoisotopic (exact) mass is 260 g/mol. The maximum Gasteiger partial charge on any atom is 0.219 e. The minimum absolute atomic E-state index is 0.0812. The summed E-state index contributed by atoms with van der Waals surface area (Å²) in [5, 5.41) is 3.47. The molecule has 19 heavy (non-hydrogen) atoms. The van der Waals surface area contributed by atoms with Crippen molar-refractivity contribution < 1.29 is 4.79 Å². The molecule has 0 aliphatic heterocycles. The molecule has 0 radical (unpaired) electrons. The third-order valence-electron chi connectivity index (χ3n) is 3.10. The van der Waals surface area contributed by atoms with E-state index in [-0.39, 0.29) is 5.91 Å². The molecule has 0 heterocycles. The van der Waals surface area contributed by atoms with Gasteiger partial charge in [-0.25, -0.2) is 0 Å². The van der Waals surface area contributed by atoms with E-state index in [0.717, 1.165) is 24.1 Å². The van der Waals surface area contributed by atoms with Crippen LogP contribution < -0.4 is 5.32 Å². The Morgan fingerprint density at radius 1 is 1.53 bits per heavy atom. The summed E-state index contributed by atoms with van der Waals surface area (Å²) >= 11 is 0. The van der Waals surface area contributed by atoms with Crippen LogP contribution in [-0.4, -0.2) is 23.9 Å². The lowest BCUT2D eigenvalue weighted by molar-refractivity contribution is -0.128. The van der Waals surface area contributed by atoms with Crippen molar-refractivity contribution in [3.63, 3.8) is 0 Å². The standard InChI is InChI=1S/C16H24N2O/c1-5-6-8-13(2)17-16-10-7-9-15(11-16)12-18(4)14(3)19/h5,7,9-11,13,17H,1,6,8,12H2,2-4H3. The number of amides is 1.